The average molecular weight is 318 g/mol. The Labute approximate surface area is 134 Å². The van der Waals surface area contributed by atoms with Crippen LogP contribution in [-0.4, -0.2) is 37.4 Å². The molecule has 22 heavy (non-hydrogen) atoms. The molecule has 1 fully saturated rings. The lowest BCUT2D eigenvalue weighted by Gasteiger charge is -2.34. The summed E-state index contributed by atoms with van der Waals surface area (Å²) < 4.78 is 12.8. The van der Waals surface area contributed by atoms with Crippen molar-refractivity contribution in [2.24, 2.45) is 5.10 Å². The van der Waals surface area contributed by atoms with Gasteiger partial charge in [-0.1, -0.05) is 23.7 Å². The lowest BCUT2D eigenvalue weighted by atomic mass is 10.2. The van der Waals surface area contributed by atoms with Crippen LogP contribution >= 0.6 is 11.6 Å². The van der Waals surface area contributed by atoms with Crippen molar-refractivity contribution in [3.05, 3.63) is 64.9 Å². The van der Waals surface area contributed by atoms with Gasteiger partial charge in [-0.3, -0.25) is 5.01 Å². The van der Waals surface area contributed by atoms with Gasteiger partial charge in [-0.25, -0.2) is 4.39 Å². The molecule has 0 atom stereocenters. The zero-order valence-corrected chi connectivity index (χ0v) is 12.9. The molecule has 0 amide bonds. The Morgan fingerprint density at radius 2 is 1.55 bits per heavy atom. The van der Waals surface area contributed by atoms with E-state index in [9.17, 15) is 4.39 Å². The van der Waals surface area contributed by atoms with E-state index < -0.39 is 0 Å². The molecule has 1 aliphatic rings. The third-order valence-electron chi connectivity index (χ3n) is 3.69. The minimum absolute atomic E-state index is 0.228. The van der Waals surface area contributed by atoms with Crippen LogP contribution in [0.4, 0.5) is 10.1 Å². The summed E-state index contributed by atoms with van der Waals surface area (Å²) in [6.07, 6.45) is 1.78. The second-order valence-electron chi connectivity index (χ2n) is 5.21. The second kappa shape index (κ2) is 6.79. The fraction of sp³-hybridized carbons (Fsp3) is 0.235. The molecule has 0 aromatic heterocycles. The second-order valence-corrected chi connectivity index (χ2v) is 5.65. The molecule has 3 nitrogen and oxygen atoms in total. The Balaban J connectivity index is 1.55. The first-order valence-electron chi connectivity index (χ1n) is 7.26. The Hall–Kier alpha value is -2.07. The Bertz CT molecular complexity index is 632. The largest absolute Gasteiger partial charge is 0.368 e. The maximum Gasteiger partial charge on any atom is 0.123 e. The normalized spacial score (nSPS) is 15.5. The lowest BCUT2D eigenvalue weighted by Crippen LogP contribution is -2.44. The standard InChI is InChI=1S/C17H17ClFN3/c18-15-3-7-17(8-4-15)21-9-11-22(12-10-21)20-13-14-1-5-16(19)6-2-14/h1-8,13H,9-12H2. The number of nitrogens with zero attached hydrogens (tertiary/aromatic N) is 3. The molecular weight excluding hydrogens is 301 g/mol. The third kappa shape index (κ3) is 3.77. The highest BCUT2D eigenvalue weighted by molar-refractivity contribution is 6.30. The van der Waals surface area contributed by atoms with Crippen LogP contribution in [0.2, 0.25) is 5.02 Å². The van der Waals surface area contributed by atoms with E-state index in [-0.39, 0.29) is 5.82 Å². The quantitative estimate of drug-likeness (QED) is 0.805. The van der Waals surface area contributed by atoms with E-state index in [0.717, 1.165) is 36.8 Å². The number of benzene rings is 2. The Morgan fingerprint density at radius 3 is 2.18 bits per heavy atom. The summed E-state index contributed by atoms with van der Waals surface area (Å²) in [5.74, 6) is -0.228. The molecule has 1 heterocycles. The summed E-state index contributed by atoms with van der Waals surface area (Å²) in [4.78, 5) is 2.32. The van der Waals surface area contributed by atoms with Gasteiger partial charge in [-0.05, 0) is 42.0 Å². The summed E-state index contributed by atoms with van der Waals surface area (Å²) in [6.45, 7) is 3.56. The number of hydrogen-bond acceptors (Lipinski definition) is 3. The summed E-state index contributed by atoms with van der Waals surface area (Å²) in [6, 6.07) is 14.2. The van der Waals surface area contributed by atoms with E-state index in [1.54, 1.807) is 18.3 Å². The van der Waals surface area contributed by atoms with Crippen LogP contribution < -0.4 is 4.90 Å². The molecule has 3 rings (SSSR count). The van der Waals surface area contributed by atoms with Crippen LogP contribution in [0.5, 0.6) is 0 Å². The first-order valence-corrected chi connectivity index (χ1v) is 7.63. The summed E-state index contributed by atoms with van der Waals surface area (Å²) in [7, 11) is 0. The molecule has 0 N–H and O–H groups in total. The fourth-order valence-corrected chi connectivity index (χ4v) is 2.54. The molecule has 5 heteroatoms. The first kappa shape index (κ1) is 14.9. The summed E-state index contributed by atoms with van der Waals surface area (Å²) in [5.41, 5.74) is 2.09. The van der Waals surface area contributed by atoms with Gasteiger partial charge in [0, 0.05) is 23.8 Å². The molecule has 114 valence electrons. The van der Waals surface area contributed by atoms with E-state index >= 15 is 0 Å². The topological polar surface area (TPSA) is 18.8 Å². The van der Waals surface area contributed by atoms with Gasteiger partial charge in [0.15, 0.2) is 0 Å². The number of hydrazone groups is 1. The molecular formula is C17H17ClFN3. The van der Waals surface area contributed by atoms with Crippen LogP contribution in [0, 0.1) is 5.82 Å². The minimum Gasteiger partial charge on any atom is -0.368 e. The highest BCUT2D eigenvalue weighted by Crippen LogP contribution is 2.19. The predicted molar refractivity (Wildman–Crippen MR) is 89.2 cm³/mol. The maximum absolute atomic E-state index is 12.8. The van der Waals surface area contributed by atoms with Crippen molar-refractivity contribution in [3.8, 4) is 0 Å². The van der Waals surface area contributed by atoms with E-state index in [2.05, 4.69) is 10.0 Å². The highest BCUT2D eigenvalue weighted by Gasteiger charge is 2.15. The fourth-order valence-electron chi connectivity index (χ4n) is 2.42. The van der Waals surface area contributed by atoms with Gasteiger partial charge in [0.25, 0.3) is 0 Å². The van der Waals surface area contributed by atoms with Crippen molar-refractivity contribution in [1.82, 2.24) is 5.01 Å². The van der Waals surface area contributed by atoms with Crippen molar-refractivity contribution in [3.63, 3.8) is 0 Å². The highest BCUT2D eigenvalue weighted by atomic mass is 35.5. The average Bonchev–Trinajstić information content (AvgIpc) is 2.56. The van der Waals surface area contributed by atoms with Crippen LogP contribution in [-0.2, 0) is 0 Å². The SMILES string of the molecule is Fc1ccc(C=NN2CCN(c3ccc(Cl)cc3)CC2)cc1. The molecule has 0 aliphatic carbocycles. The van der Waals surface area contributed by atoms with E-state index in [1.165, 1.54) is 17.8 Å². The predicted octanol–water partition coefficient (Wildman–Crippen LogP) is 3.64. The van der Waals surface area contributed by atoms with Crippen LogP contribution in [0.1, 0.15) is 5.56 Å². The first-order chi connectivity index (χ1) is 10.7. The van der Waals surface area contributed by atoms with Crippen molar-refractivity contribution >= 4 is 23.5 Å². The molecule has 0 saturated carbocycles. The molecule has 0 spiro atoms. The zero-order valence-electron chi connectivity index (χ0n) is 12.1. The van der Waals surface area contributed by atoms with Crippen molar-refractivity contribution < 1.29 is 4.39 Å². The number of anilines is 1. The van der Waals surface area contributed by atoms with E-state index in [1.807, 2.05) is 29.3 Å². The van der Waals surface area contributed by atoms with Crippen molar-refractivity contribution in [2.75, 3.05) is 31.1 Å². The van der Waals surface area contributed by atoms with Crippen LogP contribution in [0.15, 0.2) is 53.6 Å². The third-order valence-corrected chi connectivity index (χ3v) is 3.94. The molecule has 0 radical (unpaired) electrons. The van der Waals surface area contributed by atoms with Gasteiger partial charge < -0.3 is 4.90 Å². The monoisotopic (exact) mass is 317 g/mol. The number of rotatable bonds is 3. The lowest BCUT2D eigenvalue weighted by molar-refractivity contribution is 0.272. The van der Waals surface area contributed by atoms with E-state index in [0.29, 0.717) is 0 Å². The van der Waals surface area contributed by atoms with Gasteiger partial charge in [0.2, 0.25) is 0 Å². The van der Waals surface area contributed by atoms with E-state index in [4.69, 9.17) is 11.6 Å². The Morgan fingerprint density at radius 1 is 0.909 bits per heavy atom. The number of hydrogen-bond donors (Lipinski definition) is 0. The van der Waals surface area contributed by atoms with Gasteiger partial charge in [0.05, 0.1) is 19.3 Å². The molecule has 1 aliphatic heterocycles. The smallest absolute Gasteiger partial charge is 0.123 e. The number of piperazine rings is 1. The minimum atomic E-state index is -0.228. The zero-order chi connectivity index (χ0) is 15.4. The summed E-state index contributed by atoms with van der Waals surface area (Å²) in [5, 5.41) is 7.26. The van der Waals surface area contributed by atoms with Gasteiger partial charge in [-0.15, -0.1) is 0 Å². The number of halogens is 2. The van der Waals surface area contributed by atoms with Gasteiger partial charge in [-0.2, -0.15) is 5.10 Å². The van der Waals surface area contributed by atoms with Crippen LogP contribution in [0.3, 0.4) is 0 Å². The van der Waals surface area contributed by atoms with Crippen LogP contribution in [0.25, 0.3) is 0 Å². The molecule has 1 saturated heterocycles. The molecule has 2 aromatic carbocycles. The van der Waals surface area contributed by atoms with Gasteiger partial charge >= 0.3 is 0 Å². The molecule has 0 bridgehead atoms. The van der Waals surface area contributed by atoms with Crippen molar-refractivity contribution in [2.45, 2.75) is 0 Å². The van der Waals surface area contributed by atoms with Gasteiger partial charge in [0.1, 0.15) is 5.82 Å². The maximum atomic E-state index is 12.8. The molecule has 0 unspecified atom stereocenters. The van der Waals surface area contributed by atoms with Crippen molar-refractivity contribution in [1.29, 1.82) is 0 Å². The Kier molecular flexibility index (Phi) is 4.59. The summed E-state index contributed by atoms with van der Waals surface area (Å²) >= 11 is 5.91. The molecule has 2 aromatic rings.